The van der Waals surface area contributed by atoms with Gasteiger partial charge in [-0.15, -0.1) is 6.58 Å². The van der Waals surface area contributed by atoms with E-state index in [1.807, 2.05) is 6.08 Å². The molecule has 2 saturated carbocycles. The Kier molecular flexibility index (Phi) is 8.98. The number of rotatable bonds is 7. The van der Waals surface area contributed by atoms with E-state index in [1.165, 1.54) is 63.5 Å². The van der Waals surface area contributed by atoms with Gasteiger partial charge in [0.05, 0.1) is 5.56 Å². The summed E-state index contributed by atoms with van der Waals surface area (Å²) in [6.45, 7) is 6.05. The zero-order chi connectivity index (χ0) is 21.3. The van der Waals surface area contributed by atoms with Gasteiger partial charge >= 0.3 is 0 Å². The van der Waals surface area contributed by atoms with Crippen LogP contribution in [0.2, 0.25) is 0 Å². The summed E-state index contributed by atoms with van der Waals surface area (Å²) in [6.07, 6.45) is 17.0. The maximum atomic E-state index is 14.6. The van der Waals surface area contributed by atoms with E-state index in [9.17, 15) is 8.78 Å². The second kappa shape index (κ2) is 11.7. The fourth-order valence-corrected chi connectivity index (χ4v) is 5.31. The molecule has 0 N–H and O–H groups in total. The highest BCUT2D eigenvalue weighted by Crippen LogP contribution is 2.34. The Hall–Kier alpha value is -1.62. The molecule has 1 aromatic rings. The van der Waals surface area contributed by atoms with Crippen molar-refractivity contribution in [2.24, 2.45) is 23.7 Å². The van der Waals surface area contributed by atoms with Gasteiger partial charge in [-0.25, -0.2) is 8.78 Å². The van der Waals surface area contributed by atoms with Crippen molar-refractivity contribution in [3.63, 3.8) is 0 Å². The topological polar surface area (TPSA) is 0 Å². The van der Waals surface area contributed by atoms with E-state index in [1.54, 1.807) is 0 Å². The van der Waals surface area contributed by atoms with Crippen LogP contribution in [-0.2, 0) is 6.42 Å². The van der Waals surface area contributed by atoms with Gasteiger partial charge in [0, 0.05) is 5.92 Å². The fraction of sp³-hybridized carbons (Fsp3) is 0.643. The molecule has 0 saturated heterocycles. The Morgan fingerprint density at radius 3 is 2.03 bits per heavy atom. The minimum absolute atomic E-state index is 0.0425. The third-order valence-corrected chi connectivity index (χ3v) is 7.51. The van der Waals surface area contributed by atoms with E-state index < -0.39 is 11.6 Å². The fourth-order valence-electron chi connectivity index (χ4n) is 5.31. The Labute approximate surface area is 182 Å². The molecule has 0 bridgehead atoms. The van der Waals surface area contributed by atoms with Crippen LogP contribution in [0, 0.1) is 47.1 Å². The molecule has 0 aliphatic heterocycles. The van der Waals surface area contributed by atoms with E-state index >= 15 is 0 Å². The second-order valence-corrected chi connectivity index (χ2v) is 9.62. The van der Waals surface area contributed by atoms with Crippen molar-refractivity contribution in [3.8, 4) is 11.8 Å². The van der Waals surface area contributed by atoms with Crippen LogP contribution in [0.15, 0.2) is 24.8 Å². The number of benzene rings is 1. The normalized spacial score (nSPS) is 26.6. The molecule has 0 amide bonds. The van der Waals surface area contributed by atoms with E-state index in [4.69, 9.17) is 0 Å². The molecule has 3 rings (SSSR count). The Morgan fingerprint density at radius 2 is 1.47 bits per heavy atom. The van der Waals surface area contributed by atoms with Gasteiger partial charge in [0.2, 0.25) is 0 Å². The number of aryl methyl sites for hydroxylation is 1. The monoisotopic (exact) mass is 412 g/mol. The molecule has 0 nitrogen and oxygen atoms in total. The second-order valence-electron chi connectivity index (χ2n) is 9.62. The van der Waals surface area contributed by atoms with Gasteiger partial charge in [0.1, 0.15) is 11.6 Å². The van der Waals surface area contributed by atoms with Crippen molar-refractivity contribution in [2.45, 2.75) is 90.4 Å². The summed E-state index contributed by atoms with van der Waals surface area (Å²) in [5.41, 5.74) is 0.729. The van der Waals surface area contributed by atoms with Crippen LogP contribution in [0.4, 0.5) is 8.78 Å². The first kappa shape index (κ1) is 23.1. The number of halogens is 2. The van der Waals surface area contributed by atoms with Gasteiger partial charge in [-0.2, -0.15) is 0 Å². The first-order valence-electron chi connectivity index (χ1n) is 12.2. The lowest BCUT2D eigenvalue weighted by atomic mass is 9.78. The van der Waals surface area contributed by atoms with Gasteiger partial charge in [0.15, 0.2) is 0 Å². The molecule has 0 aromatic heterocycles. The summed E-state index contributed by atoms with van der Waals surface area (Å²) in [6, 6.07) is 3.02. The predicted molar refractivity (Wildman–Crippen MR) is 122 cm³/mol. The van der Waals surface area contributed by atoms with Crippen molar-refractivity contribution < 1.29 is 8.78 Å². The molecule has 164 valence electrons. The number of hydrogen-bond donors (Lipinski definition) is 0. The molecule has 1 aromatic carbocycles. The SMILES string of the molecule is C=CCCC1CCC(CCc2cc(F)c(C#CC3CCC(CC)CC3)c(F)c2)CC1. The Bertz CT molecular complexity index is 715. The minimum Gasteiger partial charge on any atom is -0.206 e. The molecule has 0 heterocycles. The lowest BCUT2D eigenvalue weighted by molar-refractivity contribution is 0.254. The summed E-state index contributed by atoms with van der Waals surface area (Å²) in [5.74, 6) is 7.61. The zero-order valence-corrected chi connectivity index (χ0v) is 18.7. The summed E-state index contributed by atoms with van der Waals surface area (Å²) in [5, 5.41) is 0. The van der Waals surface area contributed by atoms with E-state index in [-0.39, 0.29) is 11.5 Å². The summed E-state index contributed by atoms with van der Waals surface area (Å²) in [7, 11) is 0. The maximum absolute atomic E-state index is 14.6. The largest absolute Gasteiger partial charge is 0.206 e. The van der Waals surface area contributed by atoms with Gasteiger partial charge < -0.3 is 0 Å². The van der Waals surface area contributed by atoms with Gasteiger partial charge in [-0.05, 0) is 86.8 Å². The maximum Gasteiger partial charge on any atom is 0.142 e. The highest BCUT2D eigenvalue weighted by atomic mass is 19.1. The molecule has 2 aliphatic rings. The van der Waals surface area contributed by atoms with Crippen LogP contribution >= 0.6 is 0 Å². The van der Waals surface area contributed by atoms with Crippen molar-refractivity contribution in [1.29, 1.82) is 0 Å². The van der Waals surface area contributed by atoms with Crippen molar-refractivity contribution >= 4 is 0 Å². The lowest BCUT2D eigenvalue weighted by Gasteiger charge is -2.28. The summed E-state index contributed by atoms with van der Waals surface area (Å²) in [4.78, 5) is 0. The molecule has 0 atom stereocenters. The van der Waals surface area contributed by atoms with Crippen LogP contribution in [0.1, 0.15) is 95.1 Å². The quantitative estimate of drug-likeness (QED) is 0.312. The van der Waals surface area contributed by atoms with Crippen molar-refractivity contribution in [3.05, 3.63) is 47.5 Å². The van der Waals surface area contributed by atoms with Crippen LogP contribution in [0.25, 0.3) is 0 Å². The Morgan fingerprint density at radius 1 is 0.900 bits per heavy atom. The minimum atomic E-state index is -0.493. The average molecular weight is 413 g/mol. The molecule has 0 radical (unpaired) electrons. The van der Waals surface area contributed by atoms with Gasteiger partial charge in [-0.1, -0.05) is 56.9 Å². The van der Waals surface area contributed by atoms with Gasteiger partial charge in [0.25, 0.3) is 0 Å². The molecular weight excluding hydrogens is 374 g/mol. The molecule has 2 heteroatoms. The predicted octanol–water partition coefficient (Wildman–Crippen LogP) is 8.24. The first-order valence-corrected chi connectivity index (χ1v) is 12.2. The molecular formula is C28H38F2. The van der Waals surface area contributed by atoms with Crippen LogP contribution in [0.3, 0.4) is 0 Å². The zero-order valence-electron chi connectivity index (χ0n) is 18.7. The van der Waals surface area contributed by atoms with Crippen LogP contribution in [0.5, 0.6) is 0 Å². The summed E-state index contributed by atoms with van der Waals surface area (Å²) >= 11 is 0. The summed E-state index contributed by atoms with van der Waals surface area (Å²) < 4.78 is 29.1. The van der Waals surface area contributed by atoms with E-state index in [2.05, 4.69) is 25.3 Å². The van der Waals surface area contributed by atoms with Crippen LogP contribution < -0.4 is 0 Å². The molecule has 2 fully saturated rings. The van der Waals surface area contributed by atoms with E-state index in [0.29, 0.717) is 5.92 Å². The average Bonchev–Trinajstić information content (AvgIpc) is 2.77. The molecule has 2 aliphatic carbocycles. The third-order valence-electron chi connectivity index (χ3n) is 7.51. The smallest absolute Gasteiger partial charge is 0.142 e. The molecule has 0 unspecified atom stereocenters. The lowest BCUT2D eigenvalue weighted by Crippen LogP contribution is -2.15. The molecule has 0 spiro atoms. The third kappa shape index (κ3) is 6.69. The van der Waals surface area contributed by atoms with Crippen molar-refractivity contribution in [2.75, 3.05) is 0 Å². The molecule has 30 heavy (non-hydrogen) atoms. The van der Waals surface area contributed by atoms with Crippen molar-refractivity contribution in [1.82, 2.24) is 0 Å². The van der Waals surface area contributed by atoms with Gasteiger partial charge in [-0.3, -0.25) is 0 Å². The first-order chi connectivity index (χ1) is 14.6. The number of allylic oxidation sites excluding steroid dienone is 1. The highest BCUT2D eigenvalue weighted by Gasteiger charge is 2.21. The standard InChI is InChI=1S/C28H38F2/c1-3-5-6-22-11-13-23(14-12-22)15-16-25-19-27(29)26(28(30)20-25)18-17-24-9-7-21(4-2)8-10-24/h3,19-24H,1,4-16H2,2H3. The highest BCUT2D eigenvalue weighted by molar-refractivity contribution is 5.39. The number of hydrogen-bond acceptors (Lipinski definition) is 0. The van der Waals surface area contributed by atoms with Crippen LogP contribution in [-0.4, -0.2) is 0 Å². The van der Waals surface area contributed by atoms with E-state index in [0.717, 1.165) is 49.5 Å². The Balaban J connectivity index is 1.50.